The van der Waals surface area contributed by atoms with Crippen LogP contribution in [0.5, 0.6) is 5.75 Å². The molecule has 3 nitrogen and oxygen atoms in total. The van der Waals surface area contributed by atoms with Crippen molar-refractivity contribution in [1.29, 1.82) is 0 Å². The molecule has 0 saturated carbocycles. The maximum absolute atomic E-state index is 13.9. The Morgan fingerprint density at radius 2 is 2.16 bits per heavy atom. The second-order valence-electron chi connectivity index (χ2n) is 5.31. The van der Waals surface area contributed by atoms with Crippen molar-refractivity contribution in [1.82, 2.24) is 10.2 Å². The van der Waals surface area contributed by atoms with E-state index < -0.39 is 0 Å². The van der Waals surface area contributed by atoms with Gasteiger partial charge in [-0.3, -0.25) is 4.90 Å². The highest BCUT2D eigenvalue weighted by molar-refractivity contribution is 5.29. The minimum atomic E-state index is -0.265. The monoisotopic (exact) mass is 266 g/mol. The first kappa shape index (κ1) is 14.3. The van der Waals surface area contributed by atoms with Gasteiger partial charge in [0.05, 0.1) is 6.10 Å². The molecule has 1 saturated heterocycles. The van der Waals surface area contributed by atoms with E-state index in [1.165, 1.54) is 0 Å². The molecule has 0 aromatic heterocycles. The van der Waals surface area contributed by atoms with Crippen LogP contribution in [0.15, 0.2) is 18.2 Å². The molecule has 0 amide bonds. The Balaban J connectivity index is 1.98. The third-order valence-electron chi connectivity index (χ3n) is 3.20. The van der Waals surface area contributed by atoms with Crippen LogP contribution in [0.4, 0.5) is 4.39 Å². The zero-order chi connectivity index (χ0) is 13.7. The number of halogens is 1. The van der Waals surface area contributed by atoms with Crippen molar-refractivity contribution >= 4 is 0 Å². The van der Waals surface area contributed by atoms with Gasteiger partial charge in [0.2, 0.25) is 0 Å². The van der Waals surface area contributed by atoms with E-state index in [1.54, 1.807) is 12.1 Å². The van der Waals surface area contributed by atoms with Crippen molar-refractivity contribution in [3.8, 4) is 5.75 Å². The fraction of sp³-hybridized carbons (Fsp3) is 0.600. The highest BCUT2D eigenvalue weighted by atomic mass is 19.1. The zero-order valence-electron chi connectivity index (χ0n) is 11.8. The van der Waals surface area contributed by atoms with Crippen LogP contribution in [0.25, 0.3) is 0 Å². The molecule has 0 spiro atoms. The molecule has 0 aliphatic carbocycles. The Morgan fingerprint density at radius 3 is 2.89 bits per heavy atom. The number of benzene rings is 1. The molecule has 106 valence electrons. The SMILES string of the molecule is CC(C)Oc1ccc(CN2CCCNCC2)cc1F. The van der Waals surface area contributed by atoms with Crippen LogP contribution in [-0.2, 0) is 6.54 Å². The molecule has 4 heteroatoms. The Kier molecular flexibility index (Phi) is 5.16. The quantitative estimate of drug-likeness (QED) is 0.905. The van der Waals surface area contributed by atoms with Gasteiger partial charge in [-0.1, -0.05) is 6.07 Å². The lowest BCUT2D eigenvalue weighted by Crippen LogP contribution is -2.27. The van der Waals surface area contributed by atoms with Gasteiger partial charge >= 0.3 is 0 Å². The Morgan fingerprint density at radius 1 is 1.32 bits per heavy atom. The van der Waals surface area contributed by atoms with Gasteiger partial charge < -0.3 is 10.1 Å². The van der Waals surface area contributed by atoms with E-state index in [-0.39, 0.29) is 11.9 Å². The third kappa shape index (κ3) is 4.48. The van der Waals surface area contributed by atoms with Crippen LogP contribution in [0, 0.1) is 5.82 Å². The van der Waals surface area contributed by atoms with Crippen LogP contribution in [0.2, 0.25) is 0 Å². The lowest BCUT2D eigenvalue weighted by Gasteiger charge is -2.20. The zero-order valence-corrected chi connectivity index (χ0v) is 11.8. The number of ether oxygens (including phenoxy) is 1. The molecule has 1 aromatic carbocycles. The van der Waals surface area contributed by atoms with Gasteiger partial charge in [0.25, 0.3) is 0 Å². The molecule has 19 heavy (non-hydrogen) atoms. The van der Waals surface area contributed by atoms with Crippen LogP contribution < -0.4 is 10.1 Å². The van der Waals surface area contributed by atoms with E-state index in [4.69, 9.17) is 4.74 Å². The summed E-state index contributed by atoms with van der Waals surface area (Å²) >= 11 is 0. The van der Waals surface area contributed by atoms with Crippen LogP contribution >= 0.6 is 0 Å². The van der Waals surface area contributed by atoms with Gasteiger partial charge in [-0.25, -0.2) is 4.39 Å². The number of rotatable bonds is 4. The summed E-state index contributed by atoms with van der Waals surface area (Å²) < 4.78 is 19.3. The first-order valence-corrected chi connectivity index (χ1v) is 7.03. The van der Waals surface area contributed by atoms with Gasteiger partial charge in [-0.2, -0.15) is 0 Å². The predicted octanol–water partition coefficient (Wildman–Crippen LogP) is 2.41. The van der Waals surface area contributed by atoms with Crippen LogP contribution in [-0.4, -0.2) is 37.2 Å². The van der Waals surface area contributed by atoms with E-state index in [9.17, 15) is 4.39 Å². The fourth-order valence-electron chi connectivity index (χ4n) is 2.31. The maximum atomic E-state index is 13.9. The highest BCUT2D eigenvalue weighted by Gasteiger charge is 2.11. The van der Waals surface area contributed by atoms with Crippen molar-refractivity contribution < 1.29 is 9.13 Å². The number of nitrogens with zero attached hydrogens (tertiary/aromatic N) is 1. The van der Waals surface area contributed by atoms with Crippen molar-refractivity contribution in [2.75, 3.05) is 26.2 Å². The number of hydrogen-bond acceptors (Lipinski definition) is 3. The molecule has 1 aliphatic heterocycles. The molecule has 0 radical (unpaired) electrons. The molecule has 1 N–H and O–H groups in total. The smallest absolute Gasteiger partial charge is 0.165 e. The Bertz CT molecular complexity index is 401. The molecule has 1 fully saturated rings. The van der Waals surface area contributed by atoms with E-state index >= 15 is 0 Å². The van der Waals surface area contributed by atoms with Crippen molar-refractivity contribution in [2.45, 2.75) is 32.9 Å². The molecule has 0 atom stereocenters. The number of nitrogens with one attached hydrogen (secondary N) is 1. The minimum Gasteiger partial charge on any atom is -0.488 e. The topological polar surface area (TPSA) is 24.5 Å². The summed E-state index contributed by atoms with van der Waals surface area (Å²) in [4.78, 5) is 2.36. The largest absolute Gasteiger partial charge is 0.488 e. The van der Waals surface area contributed by atoms with E-state index in [1.807, 2.05) is 19.9 Å². The summed E-state index contributed by atoms with van der Waals surface area (Å²) in [5, 5.41) is 3.37. The molecular formula is C15H23FN2O. The van der Waals surface area contributed by atoms with Crippen LogP contribution in [0.1, 0.15) is 25.8 Å². The third-order valence-corrected chi connectivity index (χ3v) is 3.20. The molecule has 2 rings (SSSR count). The molecular weight excluding hydrogens is 243 g/mol. The molecule has 0 bridgehead atoms. The summed E-state index contributed by atoms with van der Waals surface area (Å²) in [5.41, 5.74) is 1.01. The van der Waals surface area contributed by atoms with Crippen molar-refractivity contribution in [3.63, 3.8) is 0 Å². The van der Waals surface area contributed by atoms with Gasteiger partial charge in [-0.05, 0) is 51.1 Å². The van der Waals surface area contributed by atoms with E-state index in [0.29, 0.717) is 5.75 Å². The Labute approximate surface area is 114 Å². The molecule has 1 aliphatic rings. The first-order valence-electron chi connectivity index (χ1n) is 7.03. The minimum absolute atomic E-state index is 0.00275. The summed E-state index contributed by atoms with van der Waals surface area (Å²) in [6.07, 6.45) is 1.15. The summed E-state index contributed by atoms with van der Waals surface area (Å²) in [7, 11) is 0. The van der Waals surface area contributed by atoms with Crippen molar-refractivity contribution in [2.24, 2.45) is 0 Å². The lowest BCUT2D eigenvalue weighted by molar-refractivity contribution is 0.230. The summed E-state index contributed by atoms with van der Waals surface area (Å²) in [6.45, 7) is 8.78. The summed E-state index contributed by atoms with van der Waals surface area (Å²) in [5.74, 6) is 0.0791. The normalized spacial score (nSPS) is 17.5. The van der Waals surface area contributed by atoms with Gasteiger partial charge in [0.1, 0.15) is 0 Å². The predicted molar refractivity (Wildman–Crippen MR) is 74.9 cm³/mol. The van der Waals surface area contributed by atoms with Gasteiger partial charge in [0.15, 0.2) is 11.6 Å². The molecule has 1 heterocycles. The average molecular weight is 266 g/mol. The standard InChI is InChI=1S/C15H23FN2O/c1-12(2)19-15-5-4-13(10-14(15)16)11-18-8-3-6-17-7-9-18/h4-5,10,12,17H,3,6-9,11H2,1-2H3. The highest BCUT2D eigenvalue weighted by Crippen LogP contribution is 2.20. The fourth-order valence-corrected chi connectivity index (χ4v) is 2.31. The molecule has 1 aromatic rings. The maximum Gasteiger partial charge on any atom is 0.165 e. The van der Waals surface area contributed by atoms with E-state index in [2.05, 4.69) is 10.2 Å². The lowest BCUT2D eigenvalue weighted by atomic mass is 10.2. The van der Waals surface area contributed by atoms with Gasteiger partial charge in [-0.15, -0.1) is 0 Å². The Hall–Kier alpha value is -1.13. The second kappa shape index (κ2) is 6.87. The first-order chi connectivity index (χ1) is 9.15. The number of hydrogen-bond donors (Lipinski definition) is 1. The van der Waals surface area contributed by atoms with Gasteiger partial charge in [0, 0.05) is 19.6 Å². The van der Waals surface area contributed by atoms with E-state index in [0.717, 1.165) is 44.7 Å². The second-order valence-corrected chi connectivity index (χ2v) is 5.31. The average Bonchev–Trinajstić information content (AvgIpc) is 2.61. The van der Waals surface area contributed by atoms with Crippen molar-refractivity contribution in [3.05, 3.63) is 29.6 Å². The summed E-state index contributed by atoms with van der Waals surface area (Å²) in [6, 6.07) is 5.29. The molecule has 0 unspecified atom stereocenters. The van der Waals surface area contributed by atoms with Crippen LogP contribution in [0.3, 0.4) is 0 Å².